The third kappa shape index (κ3) is 7.62. The van der Waals surface area contributed by atoms with Crippen LogP contribution >= 0.6 is 0 Å². The van der Waals surface area contributed by atoms with Crippen molar-refractivity contribution in [2.75, 3.05) is 69.8 Å². The monoisotopic (exact) mass is 659 g/mol. The number of hydrogen-bond donors (Lipinski definition) is 2. The van der Waals surface area contributed by atoms with Crippen LogP contribution in [-0.2, 0) is 31.8 Å². The first kappa shape index (κ1) is 33.6. The van der Waals surface area contributed by atoms with E-state index in [0.29, 0.717) is 76.4 Å². The summed E-state index contributed by atoms with van der Waals surface area (Å²) < 4.78 is 54.3. The molecule has 3 aromatic rings. The summed E-state index contributed by atoms with van der Waals surface area (Å²) >= 11 is 0. The Kier molecular flexibility index (Phi) is 9.67. The number of halogens is 3. The Morgan fingerprint density at radius 2 is 1.79 bits per heavy atom. The van der Waals surface area contributed by atoms with Gasteiger partial charge in [-0.25, -0.2) is 19.3 Å². The Labute approximate surface area is 268 Å². The minimum Gasteiger partial charge on any atom is -0.453 e. The van der Waals surface area contributed by atoms with Gasteiger partial charge in [-0.2, -0.15) is 13.2 Å². The molecule has 2 fully saturated rings. The van der Waals surface area contributed by atoms with Crippen molar-refractivity contribution in [3.63, 3.8) is 0 Å². The summed E-state index contributed by atoms with van der Waals surface area (Å²) in [6.45, 7) is 11.1. The van der Waals surface area contributed by atoms with Crippen LogP contribution in [0.3, 0.4) is 0 Å². The summed E-state index contributed by atoms with van der Waals surface area (Å²) in [4.78, 5) is 50.9. The molecule has 17 heteroatoms. The molecule has 2 N–H and O–H groups in total. The lowest BCUT2D eigenvalue weighted by Crippen LogP contribution is -2.59. The smallest absolute Gasteiger partial charge is 0.417 e. The number of nitrogens with one attached hydrogen (secondary N) is 2. The van der Waals surface area contributed by atoms with Crippen molar-refractivity contribution in [2.45, 2.75) is 32.1 Å². The van der Waals surface area contributed by atoms with Crippen LogP contribution in [0.15, 0.2) is 37.2 Å². The van der Waals surface area contributed by atoms with Gasteiger partial charge in [0.05, 0.1) is 31.5 Å². The van der Waals surface area contributed by atoms with Crippen molar-refractivity contribution in [3.05, 3.63) is 48.3 Å². The normalized spacial score (nSPS) is 16.2. The van der Waals surface area contributed by atoms with Crippen molar-refractivity contribution in [1.82, 2.24) is 34.7 Å². The molecule has 2 aliphatic rings. The molecule has 0 radical (unpaired) electrons. The molecule has 0 atom stereocenters. The molecule has 0 aromatic carbocycles. The Balaban J connectivity index is 1.42. The van der Waals surface area contributed by atoms with Gasteiger partial charge in [0.1, 0.15) is 16.9 Å². The lowest BCUT2D eigenvalue weighted by Gasteiger charge is -2.38. The molecule has 0 bridgehead atoms. The lowest BCUT2D eigenvalue weighted by atomic mass is 10.0. The lowest BCUT2D eigenvalue weighted by molar-refractivity contribution is -0.141. The van der Waals surface area contributed by atoms with Gasteiger partial charge >= 0.3 is 12.3 Å². The number of piperazine rings is 1. The van der Waals surface area contributed by atoms with Gasteiger partial charge < -0.3 is 24.6 Å². The number of methoxy groups -OCH3 is 1. The highest BCUT2D eigenvalue weighted by Crippen LogP contribution is 2.38. The number of alkyl halides is 3. The van der Waals surface area contributed by atoms with Crippen molar-refractivity contribution in [1.29, 1.82) is 0 Å². The van der Waals surface area contributed by atoms with Crippen LogP contribution in [0.2, 0.25) is 0 Å². The largest absolute Gasteiger partial charge is 0.453 e. The van der Waals surface area contributed by atoms with Crippen LogP contribution < -0.4 is 15.5 Å². The van der Waals surface area contributed by atoms with Gasteiger partial charge in [0.25, 0.3) is 0 Å². The third-order valence-electron chi connectivity index (χ3n) is 7.90. The van der Waals surface area contributed by atoms with Crippen LogP contribution in [0.4, 0.5) is 29.6 Å². The molecule has 2 saturated heterocycles. The van der Waals surface area contributed by atoms with E-state index in [1.54, 1.807) is 24.9 Å². The van der Waals surface area contributed by atoms with Gasteiger partial charge in [0, 0.05) is 58.2 Å². The second kappa shape index (κ2) is 13.5. The number of nitrogens with zero attached hydrogens (tertiary/aromatic N) is 7. The molecular weight excluding hydrogens is 623 g/mol. The number of morpholine rings is 1. The Morgan fingerprint density at radius 1 is 1.09 bits per heavy atom. The summed E-state index contributed by atoms with van der Waals surface area (Å²) in [5, 5.41) is 9.29. The molecule has 0 saturated carbocycles. The van der Waals surface area contributed by atoms with Crippen LogP contribution in [0.25, 0.3) is 16.9 Å². The molecule has 14 nitrogen and oxygen atoms in total. The zero-order valence-corrected chi connectivity index (χ0v) is 26.3. The van der Waals surface area contributed by atoms with E-state index in [-0.39, 0.29) is 23.1 Å². The zero-order valence-electron chi connectivity index (χ0n) is 26.3. The SMILES string of the molecule is C=CC(=O)NC(C)(C)C(=O)N1CCN(Cc2cc3c(N4CCOCC4)nc(-c4cnc(NC(=O)OC)cc4C(F)(F)F)nn3c2)CC1. The minimum atomic E-state index is -4.81. The Morgan fingerprint density at radius 3 is 2.43 bits per heavy atom. The number of amides is 3. The summed E-state index contributed by atoms with van der Waals surface area (Å²) in [7, 11) is 1.09. The number of fused-ring (bicyclic) bond motifs is 1. The van der Waals surface area contributed by atoms with Gasteiger partial charge in [0.15, 0.2) is 11.6 Å². The second-order valence-electron chi connectivity index (χ2n) is 11.7. The highest BCUT2D eigenvalue weighted by molar-refractivity contribution is 5.94. The Hall–Kier alpha value is -4.77. The van der Waals surface area contributed by atoms with E-state index in [1.807, 2.05) is 11.0 Å². The van der Waals surface area contributed by atoms with E-state index >= 15 is 0 Å². The average Bonchev–Trinajstić information content (AvgIpc) is 3.46. The number of hydrogen-bond acceptors (Lipinski definition) is 10. The maximum atomic E-state index is 14.3. The van der Waals surface area contributed by atoms with E-state index in [9.17, 15) is 27.6 Å². The molecule has 0 unspecified atom stereocenters. The molecule has 0 aliphatic carbocycles. The quantitative estimate of drug-likeness (QED) is 0.346. The number of ether oxygens (including phenoxy) is 2. The first-order chi connectivity index (χ1) is 22.3. The summed E-state index contributed by atoms with van der Waals surface area (Å²) in [6.07, 6.45) is -1.91. The number of rotatable bonds is 8. The van der Waals surface area contributed by atoms with Crippen molar-refractivity contribution in [3.8, 4) is 11.4 Å². The van der Waals surface area contributed by atoms with Crippen LogP contribution in [0.1, 0.15) is 25.0 Å². The standard InChI is InChI=1S/C30H36F3N9O5/c1-5-24(43)37-29(2,3)27(44)41-8-6-39(7-9-41)17-19-14-22-26(40-10-12-47-13-11-40)36-25(38-42(22)18-19)20-16-34-23(35-28(45)46-4)15-21(20)30(31,32)33/h5,14-16,18H,1,6-13,17H2,2-4H3,(H,37,43)(H,34,35,45). The average molecular weight is 660 g/mol. The van der Waals surface area contributed by atoms with Gasteiger partial charge in [-0.3, -0.25) is 19.8 Å². The number of pyridine rings is 1. The van der Waals surface area contributed by atoms with Crippen LogP contribution in [-0.4, -0.2) is 112 Å². The van der Waals surface area contributed by atoms with E-state index < -0.39 is 29.3 Å². The number of carbonyl (C=O) groups excluding carboxylic acids is 3. The summed E-state index contributed by atoms with van der Waals surface area (Å²) in [6, 6.07) is 2.63. The van der Waals surface area contributed by atoms with Crippen LogP contribution in [0, 0.1) is 0 Å². The molecule has 2 aliphatic heterocycles. The van der Waals surface area contributed by atoms with Gasteiger partial charge in [-0.1, -0.05) is 6.58 Å². The van der Waals surface area contributed by atoms with Crippen molar-refractivity contribution >= 4 is 35.1 Å². The van der Waals surface area contributed by atoms with Gasteiger partial charge in [-0.15, -0.1) is 5.10 Å². The van der Waals surface area contributed by atoms with Crippen molar-refractivity contribution < 1.29 is 37.0 Å². The first-order valence-electron chi connectivity index (χ1n) is 14.9. The molecule has 3 aromatic heterocycles. The van der Waals surface area contributed by atoms with Gasteiger partial charge in [-0.05, 0) is 37.6 Å². The fourth-order valence-electron chi connectivity index (χ4n) is 5.51. The molecule has 252 valence electrons. The van der Waals surface area contributed by atoms with E-state index in [4.69, 9.17) is 4.74 Å². The van der Waals surface area contributed by atoms with Crippen molar-refractivity contribution in [2.24, 2.45) is 0 Å². The molecule has 3 amide bonds. The number of carbonyl (C=O) groups is 3. The maximum absolute atomic E-state index is 14.3. The minimum absolute atomic E-state index is 0.191. The molecule has 0 spiro atoms. The van der Waals surface area contributed by atoms with E-state index in [2.05, 4.69) is 41.9 Å². The fraction of sp³-hybridized carbons (Fsp3) is 0.467. The number of anilines is 2. The second-order valence-corrected chi connectivity index (χ2v) is 11.7. The summed E-state index contributed by atoms with van der Waals surface area (Å²) in [5.74, 6) is -0.694. The summed E-state index contributed by atoms with van der Waals surface area (Å²) in [5.41, 5.74) is -1.04. The highest BCUT2D eigenvalue weighted by Gasteiger charge is 2.37. The van der Waals surface area contributed by atoms with E-state index in [0.717, 1.165) is 24.9 Å². The van der Waals surface area contributed by atoms with Gasteiger partial charge in [0.2, 0.25) is 11.8 Å². The Bertz CT molecular complexity index is 1660. The first-order valence-corrected chi connectivity index (χ1v) is 14.9. The number of aromatic nitrogens is 4. The molecule has 47 heavy (non-hydrogen) atoms. The fourth-order valence-corrected chi connectivity index (χ4v) is 5.51. The predicted octanol–water partition coefficient (Wildman–Crippen LogP) is 2.55. The van der Waals surface area contributed by atoms with E-state index in [1.165, 1.54) is 4.52 Å². The van der Waals surface area contributed by atoms with Crippen LogP contribution in [0.5, 0.6) is 0 Å². The molecule has 5 rings (SSSR count). The third-order valence-corrected chi connectivity index (χ3v) is 7.90. The predicted molar refractivity (Wildman–Crippen MR) is 165 cm³/mol. The zero-order chi connectivity index (χ0) is 33.9. The topological polar surface area (TPSA) is 147 Å². The molecule has 5 heterocycles. The maximum Gasteiger partial charge on any atom is 0.417 e. The molecular formula is C30H36F3N9O5. The highest BCUT2D eigenvalue weighted by atomic mass is 19.4.